The number of carbonyl (C=O) groups excluding carboxylic acids is 1. The molecule has 3 heterocycles. The molecule has 2 aromatic carbocycles. The first-order valence-electron chi connectivity index (χ1n) is 12.9. The van der Waals surface area contributed by atoms with Gasteiger partial charge in [0.15, 0.2) is 6.10 Å². The first kappa shape index (κ1) is 26.4. The second-order valence-electron chi connectivity index (χ2n) is 10.3. The van der Waals surface area contributed by atoms with E-state index >= 15 is 0 Å². The number of aromatic amines is 1. The molecule has 0 saturated heterocycles. The lowest BCUT2D eigenvalue weighted by molar-refractivity contribution is -0.142. The van der Waals surface area contributed by atoms with Crippen molar-refractivity contribution in [3.63, 3.8) is 0 Å². The molecule has 206 valence electrons. The predicted molar refractivity (Wildman–Crippen MR) is 143 cm³/mol. The van der Waals surface area contributed by atoms with Crippen molar-refractivity contribution in [2.24, 2.45) is 0 Å². The molecule has 1 aliphatic carbocycles. The summed E-state index contributed by atoms with van der Waals surface area (Å²) in [7, 11) is 0. The van der Waals surface area contributed by atoms with Gasteiger partial charge in [0.05, 0.1) is 39.2 Å². The van der Waals surface area contributed by atoms with Crippen molar-refractivity contribution >= 4 is 17.2 Å². The van der Waals surface area contributed by atoms with Gasteiger partial charge in [0.1, 0.15) is 5.82 Å². The minimum absolute atomic E-state index is 0.0827. The van der Waals surface area contributed by atoms with Gasteiger partial charge in [-0.25, -0.2) is 4.98 Å². The lowest BCUT2D eigenvalue weighted by atomic mass is 9.93. The Morgan fingerprint density at radius 1 is 1.15 bits per heavy atom. The first-order chi connectivity index (χ1) is 19.2. The van der Waals surface area contributed by atoms with Gasteiger partial charge < -0.3 is 15.0 Å². The smallest absolute Gasteiger partial charge is 0.378 e. The molecule has 11 heteroatoms. The fraction of sp³-hybridized carbons (Fsp3) is 0.310. The van der Waals surface area contributed by atoms with Crippen LogP contribution in [-0.2, 0) is 29.4 Å². The molecule has 40 heavy (non-hydrogen) atoms. The maximum Gasteiger partial charge on any atom is 0.416 e. The average Bonchev–Trinajstić information content (AvgIpc) is 3.64. The molecule has 1 amide bonds. The van der Waals surface area contributed by atoms with E-state index in [1.807, 2.05) is 24.4 Å². The van der Waals surface area contributed by atoms with Gasteiger partial charge >= 0.3 is 6.18 Å². The van der Waals surface area contributed by atoms with E-state index in [1.165, 1.54) is 11.0 Å². The molecule has 1 aliphatic heterocycles. The Kier molecular flexibility index (Phi) is 6.58. The first-order valence-corrected chi connectivity index (χ1v) is 13.8. The number of aryl methyl sites for hydroxylation is 1. The molecule has 2 N–H and O–H groups in total. The highest BCUT2D eigenvalue weighted by Crippen LogP contribution is 2.52. The van der Waals surface area contributed by atoms with E-state index in [-0.39, 0.29) is 24.2 Å². The molecule has 1 fully saturated rings. The van der Waals surface area contributed by atoms with Crippen LogP contribution in [0.4, 0.5) is 13.2 Å². The summed E-state index contributed by atoms with van der Waals surface area (Å²) in [6.07, 6.45) is -1.91. The standard InChI is InChI=1S/C29H25F3N4O3S/c30-29(31,32)20-7-2-5-18(13-20)24(37)26(39)36-11-3-8-22-21(15-36)25(38)35-27(34-22)28(9-10-28)19-6-1-4-17(12-19)23-14-33-16-40-23/h1-2,4-7,12-14,16,24,37H,3,8-11,15H2,(H,34,35,38)/t24-/m1/s1. The van der Waals surface area contributed by atoms with Gasteiger partial charge in [-0.1, -0.05) is 30.3 Å². The Balaban J connectivity index is 1.26. The number of amides is 1. The van der Waals surface area contributed by atoms with Gasteiger partial charge in [-0.2, -0.15) is 13.2 Å². The zero-order valence-electron chi connectivity index (χ0n) is 21.2. The van der Waals surface area contributed by atoms with E-state index in [2.05, 4.69) is 16.0 Å². The molecule has 1 atom stereocenters. The molecule has 0 radical (unpaired) electrons. The number of carbonyl (C=O) groups is 1. The van der Waals surface area contributed by atoms with Crippen molar-refractivity contribution < 1.29 is 23.1 Å². The lowest BCUT2D eigenvalue weighted by Crippen LogP contribution is -2.36. The van der Waals surface area contributed by atoms with Crippen LogP contribution in [0.1, 0.15) is 59.1 Å². The summed E-state index contributed by atoms with van der Waals surface area (Å²) in [5.74, 6) is -0.157. The normalized spacial score (nSPS) is 17.1. The van der Waals surface area contributed by atoms with Gasteiger partial charge in [0.2, 0.25) is 0 Å². The van der Waals surface area contributed by atoms with Gasteiger partial charge in [0.25, 0.3) is 11.5 Å². The van der Waals surface area contributed by atoms with Crippen LogP contribution >= 0.6 is 11.3 Å². The van der Waals surface area contributed by atoms with Gasteiger partial charge in [-0.05, 0) is 60.6 Å². The quantitative estimate of drug-likeness (QED) is 0.354. The van der Waals surface area contributed by atoms with Gasteiger partial charge in [-0.15, -0.1) is 11.3 Å². The van der Waals surface area contributed by atoms with Crippen LogP contribution in [0.5, 0.6) is 0 Å². The fourth-order valence-corrected chi connectivity index (χ4v) is 5.97. The number of benzene rings is 2. The number of hydrogen-bond acceptors (Lipinski definition) is 6. The van der Waals surface area contributed by atoms with Crippen LogP contribution in [-0.4, -0.2) is 37.4 Å². The Morgan fingerprint density at radius 2 is 1.95 bits per heavy atom. The summed E-state index contributed by atoms with van der Waals surface area (Å²) in [6, 6.07) is 12.3. The zero-order chi connectivity index (χ0) is 28.1. The fourth-order valence-electron chi connectivity index (χ4n) is 5.35. The average molecular weight is 567 g/mol. The maximum atomic E-state index is 13.3. The Bertz CT molecular complexity index is 1630. The van der Waals surface area contributed by atoms with E-state index in [4.69, 9.17) is 4.98 Å². The number of thiazole rings is 1. The molecule has 4 aromatic rings. The number of aliphatic hydroxyl groups excluding tert-OH is 1. The van der Waals surface area contributed by atoms with Crippen molar-refractivity contribution in [3.8, 4) is 10.4 Å². The molecule has 2 aliphatic rings. The summed E-state index contributed by atoms with van der Waals surface area (Å²) >= 11 is 1.56. The molecule has 1 saturated carbocycles. The number of aliphatic hydroxyl groups is 1. The number of alkyl halides is 3. The molecule has 0 bridgehead atoms. The zero-order valence-corrected chi connectivity index (χ0v) is 22.1. The van der Waals surface area contributed by atoms with Crippen LogP contribution in [0.3, 0.4) is 0 Å². The van der Waals surface area contributed by atoms with E-state index in [9.17, 15) is 27.9 Å². The number of aromatic nitrogens is 3. The molecule has 0 unspecified atom stereocenters. The molecule has 2 aromatic heterocycles. The third kappa shape index (κ3) is 4.84. The summed E-state index contributed by atoms with van der Waals surface area (Å²) in [5, 5.41) is 10.7. The number of rotatable bonds is 5. The Labute approximate surface area is 231 Å². The van der Waals surface area contributed by atoms with E-state index in [1.54, 1.807) is 16.8 Å². The number of nitrogens with zero attached hydrogens (tertiary/aromatic N) is 3. The third-order valence-corrected chi connectivity index (χ3v) is 8.52. The third-order valence-electron chi connectivity index (χ3n) is 7.70. The van der Waals surface area contributed by atoms with E-state index in [0.717, 1.165) is 47.0 Å². The number of hydrogen-bond donors (Lipinski definition) is 2. The number of H-pyrrole nitrogens is 1. The number of nitrogens with one attached hydrogen (secondary N) is 1. The molecule has 7 nitrogen and oxygen atoms in total. The minimum atomic E-state index is -4.60. The summed E-state index contributed by atoms with van der Waals surface area (Å²) in [4.78, 5) is 40.9. The summed E-state index contributed by atoms with van der Waals surface area (Å²) in [5.41, 5.74) is 3.00. The molecular weight excluding hydrogens is 541 g/mol. The van der Waals surface area contributed by atoms with Crippen LogP contribution < -0.4 is 5.56 Å². The van der Waals surface area contributed by atoms with Crippen molar-refractivity contribution in [2.75, 3.05) is 6.54 Å². The predicted octanol–water partition coefficient (Wildman–Crippen LogP) is 5.00. The largest absolute Gasteiger partial charge is 0.416 e. The van der Waals surface area contributed by atoms with Crippen LogP contribution in [0.15, 0.2) is 65.0 Å². The van der Waals surface area contributed by atoms with E-state index < -0.39 is 29.2 Å². The van der Waals surface area contributed by atoms with Crippen molar-refractivity contribution in [1.82, 2.24) is 19.9 Å². The van der Waals surface area contributed by atoms with Crippen LogP contribution in [0.2, 0.25) is 0 Å². The Hall–Kier alpha value is -3.83. The Morgan fingerprint density at radius 3 is 2.67 bits per heavy atom. The van der Waals surface area contributed by atoms with Crippen molar-refractivity contribution in [3.05, 3.63) is 104 Å². The molecule has 0 spiro atoms. The highest BCUT2D eigenvalue weighted by molar-refractivity contribution is 7.13. The second kappa shape index (κ2) is 9.97. The highest BCUT2D eigenvalue weighted by atomic mass is 32.1. The SMILES string of the molecule is O=C([C@H](O)c1cccc(C(F)(F)F)c1)N1CCCc2nc(C3(c4cccc(-c5cncs5)c4)CC3)[nH]c(=O)c2C1. The lowest BCUT2D eigenvalue weighted by Gasteiger charge is -2.24. The maximum absolute atomic E-state index is 13.3. The van der Waals surface area contributed by atoms with Crippen LogP contribution in [0, 0.1) is 0 Å². The minimum Gasteiger partial charge on any atom is -0.378 e. The second-order valence-corrected chi connectivity index (χ2v) is 11.1. The summed E-state index contributed by atoms with van der Waals surface area (Å²) < 4.78 is 39.4. The number of halogens is 3. The monoisotopic (exact) mass is 566 g/mol. The summed E-state index contributed by atoms with van der Waals surface area (Å²) in [6.45, 7) is 0.155. The molecular formula is C29H25F3N4O3S. The number of fused-ring (bicyclic) bond motifs is 1. The van der Waals surface area contributed by atoms with Crippen molar-refractivity contribution in [2.45, 2.75) is 49.9 Å². The topological polar surface area (TPSA) is 99.2 Å². The van der Waals surface area contributed by atoms with Gasteiger partial charge in [0, 0.05) is 12.7 Å². The van der Waals surface area contributed by atoms with E-state index in [0.29, 0.717) is 29.9 Å². The van der Waals surface area contributed by atoms with Crippen LogP contribution in [0.25, 0.3) is 10.4 Å². The van der Waals surface area contributed by atoms with Crippen molar-refractivity contribution in [1.29, 1.82) is 0 Å². The van der Waals surface area contributed by atoms with Gasteiger partial charge in [-0.3, -0.25) is 14.6 Å². The highest BCUT2D eigenvalue weighted by Gasteiger charge is 2.49. The molecule has 6 rings (SSSR count).